The molecule has 0 fully saturated rings. The van der Waals surface area contributed by atoms with Gasteiger partial charge in [-0.15, -0.1) is 0 Å². The second kappa shape index (κ2) is 6.97. The van der Waals surface area contributed by atoms with Crippen LogP contribution in [0.15, 0.2) is 24.3 Å². The van der Waals surface area contributed by atoms with Gasteiger partial charge in [0, 0.05) is 13.6 Å². The third-order valence-electron chi connectivity index (χ3n) is 2.78. The third-order valence-corrected chi connectivity index (χ3v) is 2.78. The Kier molecular flexibility index (Phi) is 5.59. The maximum Gasteiger partial charge on any atom is 0.419 e. The van der Waals surface area contributed by atoms with Crippen LogP contribution >= 0.6 is 0 Å². The van der Waals surface area contributed by atoms with Gasteiger partial charge in [0.05, 0.1) is 18.1 Å². The molecule has 1 atom stereocenters. The average Bonchev–Trinajstić information content (AvgIpc) is 2.43. The summed E-state index contributed by atoms with van der Waals surface area (Å²) in [6, 6.07) is 6.61. The van der Waals surface area contributed by atoms with Crippen LogP contribution in [0.3, 0.4) is 0 Å². The number of benzene rings is 1. The van der Waals surface area contributed by atoms with E-state index in [1.807, 2.05) is 6.07 Å². The number of halogens is 3. The summed E-state index contributed by atoms with van der Waals surface area (Å²) in [6.45, 7) is 1.57. The monoisotopic (exact) mass is 300 g/mol. The molecule has 1 unspecified atom stereocenters. The predicted octanol–water partition coefficient (Wildman–Crippen LogP) is 2.84. The Balaban J connectivity index is 2.82. The van der Waals surface area contributed by atoms with E-state index in [1.165, 1.54) is 37.1 Å². The van der Waals surface area contributed by atoms with Crippen molar-refractivity contribution in [1.82, 2.24) is 4.90 Å². The van der Waals surface area contributed by atoms with Crippen LogP contribution in [0.25, 0.3) is 0 Å². The lowest BCUT2D eigenvalue weighted by Crippen LogP contribution is -2.38. The number of amides is 1. The molecular formula is C14H15F3N2O2. The molecule has 1 amide bonds. The van der Waals surface area contributed by atoms with Crippen molar-refractivity contribution in [3.63, 3.8) is 0 Å². The molecule has 1 aromatic carbocycles. The van der Waals surface area contributed by atoms with E-state index in [9.17, 15) is 18.0 Å². The van der Waals surface area contributed by atoms with Gasteiger partial charge in [-0.1, -0.05) is 12.1 Å². The van der Waals surface area contributed by atoms with Gasteiger partial charge in [-0.3, -0.25) is 4.79 Å². The molecule has 0 N–H and O–H groups in total. The molecule has 1 aromatic rings. The van der Waals surface area contributed by atoms with Crippen LogP contribution in [-0.2, 0) is 11.0 Å². The first-order chi connectivity index (χ1) is 9.77. The van der Waals surface area contributed by atoms with E-state index < -0.39 is 23.8 Å². The lowest BCUT2D eigenvalue weighted by Gasteiger charge is -2.22. The Morgan fingerprint density at radius 3 is 2.62 bits per heavy atom. The molecule has 0 spiro atoms. The van der Waals surface area contributed by atoms with Crippen molar-refractivity contribution in [2.24, 2.45) is 0 Å². The molecular weight excluding hydrogens is 285 g/mol. The van der Waals surface area contributed by atoms with Crippen LogP contribution in [0.1, 0.15) is 18.9 Å². The van der Waals surface area contributed by atoms with E-state index in [0.717, 1.165) is 6.07 Å². The minimum absolute atomic E-state index is 0.147. The molecule has 0 heterocycles. The Bertz CT molecular complexity index is 538. The van der Waals surface area contributed by atoms with Gasteiger partial charge < -0.3 is 9.64 Å². The molecule has 0 aromatic heterocycles. The summed E-state index contributed by atoms with van der Waals surface area (Å²) in [4.78, 5) is 13.2. The molecule has 0 aliphatic heterocycles. The van der Waals surface area contributed by atoms with Gasteiger partial charge >= 0.3 is 6.18 Å². The lowest BCUT2D eigenvalue weighted by atomic mass is 10.2. The van der Waals surface area contributed by atoms with Crippen LogP contribution in [0, 0.1) is 11.3 Å². The Hall–Kier alpha value is -2.23. The highest BCUT2D eigenvalue weighted by Gasteiger charge is 2.35. The topological polar surface area (TPSA) is 53.3 Å². The summed E-state index contributed by atoms with van der Waals surface area (Å²) >= 11 is 0. The van der Waals surface area contributed by atoms with E-state index in [0.29, 0.717) is 0 Å². The first kappa shape index (κ1) is 16.8. The maximum atomic E-state index is 12.8. The normalized spacial score (nSPS) is 12.4. The number of ether oxygens (including phenoxy) is 1. The zero-order valence-corrected chi connectivity index (χ0v) is 11.6. The average molecular weight is 300 g/mol. The van der Waals surface area contributed by atoms with Crippen molar-refractivity contribution < 1.29 is 22.7 Å². The molecule has 4 nitrogen and oxygen atoms in total. The fraction of sp³-hybridized carbons (Fsp3) is 0.429. The van der Waals surface area contributed by atoms with Gasteiger partial charge in [0.25, 0.3) is 5.91 Å². The van der Waals surface area contributed by atoms with Crippen molar-refractivity contribution in [3.05, 3.63) is 29.8 Å². The highest BCUT2D eigenvalue weighted by Crippen LogP contribution is 2.36. The zero-order valence-electron chi connectivity index (χ0n) is 11.6. The number of nitrogens with zero attached hydrogens (tertiary/aromatic N) is 2. The summed E-state index contributed by atoms with van der Waals surface area (Å²) in [5.74, 6) is -0.873. The van der Waals surface area contributed by atoms with Crippen LogP contribution in [0.2, 0.25) is 0 Å². The van der Waals surface area contributed by atoms with Gasteiger partial charge in [-0.2, -0.15) is 18.4 Å². The molecule has 0 saturated heterocycles. The number of hydrogen-bond donors (Lipinski definition) is 0. The number of carbonyl (C=O) groups excluding carboxylic acids is 1. The fourth-order valence-electron chi connectivity index (χ4n) is 1.68. The van der Waals surface area contributed by atoms with Crippen LogP contribution < -0.4 is 4.74 Å². The van der Waals surface area contributed by atoms with E-state index >= 15 is 0 Å². The lowest BCUT2D eigenvalue weighted by molar-refractivity contribution is -0.142. The summed E-state index contributed by atoms with van der Waals surface area (Å²) in [6.07, 6.45) is -5.47. The smallest absolute Gasteiger partial charge is 0.419 e. The van der Waals surface area contributed by atoms with E-state index in [-0.39, 0.29) is 18.7 Å². The standard InChI is InChI=1S/C14H15F3N2O2/c1-10(13(20)19(2)9-5-8-18)21-12-7-4-3-6-11(12)14(15,16)17/h3-4,6-7,10H,5,9H2,1-2H3. The van der Waals surface area contributed by atoms with Crippen LogP contribution in [0.5, 0.6) is 5.75 Å². The SMILES string of the molecule is CC(Oc1ccccc1C(F)(F)F)C(=O)N(C)CCC#N. The van der Waals surface area contributed by atoms with Gasteiger partial charge in [0.2, 0.25) is 0 Å². The van der Waals surface area contributed by atoms with Crippen molar-refractivity contribution in [3.8, 4) is 11.8 Å². The number of likely N-dealkylation sites (N-methyl/N-ethyl adjacent to an activating group) is 1. The molecule has 0 saturated carbocycles. The quantitative estimate of drug-likeness (QED) is 0.840. The van der Waals surface area contributed by atoms with Gasteiger partial charge in [-0.05, 0) is 19.1 Å². The molecule has 0 bridgehead atoms. The molecule has 1 rings (SSSR count). The zero-order chi connectivity index (χ0) is 16.0. The van der Waals surface area contributed by atoms with E-state index in [1.54, 1.807) is 0 Å². The van der Waals surface area contributed by atoms with Crippen molar-refractivity contribution in [1.29, 1.82) is 5.26 Å². The van der Waals surface area contributed by atoms with Crippen LogP contribution in [-0.4, -0.2) is 30.5 Å². The number of hydrogen-bond acceptors (Lipinski definition) is 3. The largest absolute Gasteiger partial charge is 0.480 e. The van der Waals surface area contributed by atoms with E-state index in [4.69, 9.17) is 10.00 Å². The number of carbonyl (C=O) groups is 1. The Labute approximate surface area is 120 Å². The number of rotatable bonds is 5. The number of alkyl halides is 3. The van der Waals surface area contributed by atoms with Crippen molar-refractivity contribution >= 4 is 5.91 Å². The summed E-state index contributed by atoms with van der Waals surface area (Å²) < 4.78 is 43.6. The first-order valence-corrected chi connectivity index (χ1v) is 6.22. The van der Waals surface area contributed by atoms with Crippen molar-refractivity contribution in [2.75, 3.05) is 13.6 Å². The summed E-state index contributed by atoms with van der Waals surface area (Å²) in [5, 5.41) is 8.45. The minimum atomic E-state index is -4.55. The predicted molar refractivity (Wildman–Crippen MR) is 69.4 cm³/mol. The molecule has 0 aliphatic rings. The Morgan fingerprint density at radius 1 is 1.43 bits per heavy atom. The highest BCUT2D eigenvalue weighted by atomic mass is 19.4. The highest BCUT2D eigenvalue weighted by molar-refractivity contribution is 5.80. The molecule has 114 valence electrons. The Morgan fingerprint density at radius 2 is 2.05 bits per heavy atom. The summed E-state index contributed by atoms with van der Waals surface area (Å²) in [7, 11) is 1.47. The van der Waals surface area contributed by atoms with Crippen LogP contribution in [0.4, 0.5) is 13.2 Å². The van der Waals surface area contributed by atoms with Gasteiger partial charge in [0.15, 0.2) is 6.10 Å². The second-order valence-electron chi connectivity index (χ2n) is 4.42. The molecule has 0 radical (unpaired) electrons. The van der Waals surface area contributed by atoms with Gasteiger partial charge in [-0.25, -0.2) is 0 Å². The van der Waals surface area contributed by atoms with E-state index in [2.05, 4.69) is 0 Å². The first-order valence-electron chi connectivity index (χ1n) is 6.22. The molecule has 0 aliphatic carbocycles. The molecule has 21 heavy (non-hydrogen) atoms. The molecule has 7 heteroatoms. The minimum Gasteiger partial charge on any atom is -0.480 e. The summed E-state index contributed by atoms with van der Waals surface area (Å²) in [5.41, 5.74) is -0.927. The number of nitriles is 1. The maximum absolute atomic E-state index is 12.8. The number of para-hydroxylation sites is 1. The van der Waals surface area contributed by atoms with Gasteiger partial charge in [0.1, 0.15) is 5.75 Å². The fourth-order valence-corrected chi connectivity index (χ4v) is 1.68. The van der Waals surface area contributed by atoms with Crippen molar-refractivity contribution in [2.45, 2.75) is 25.6 Å². The second-order valence-corrected chi connectivity index (χ2v) is 4.42. The third kappa shape index (κ3) is 4.67.